The first-order chi connectivity index (χ1) is 18.1. The number of hydrogen-bond donors (Lipinski definition) is 1. The molecule has 2 aliphatic rings. The molecule has 10 nitrogen and oxygen atoms in total. The standard InChI is InChI=1S/C27H36N4O6/c1-2-31-24-22(6-3-15-35-16-5-12-28-25(24)32)23(29-31)7-4-17-37-27(34)21-10-8-20(9-11-21)26(33)30-13-18-36-19-14-30/h8-11H,2-7,12-19H2,1H3,(H,28,32). The van der Waals surface area contributed by atoms with E-state index >= 15 is 0 Å². The number of esters is 1. The molecule has 1 saturated heterocycles. The summed E-state index contributed by atoms with van der Waals surface area (Å²) in [6.45, 7) is 6.89. The van der Waals surface area contributed by atoms with Gasteiger partial charge in [-0.25, -0.2) is 4.79 Å². The zero-order chi connectivity index (χ0) is 26.0. The Morgan fingerprint density at radius 3 is 2.49 bits per heavy atom. The van der Waals surface area contributed by atoms with E-state index in [0.29, 0.717) is 88.7 Å². The first kappa shape index (κ1) is 26.8. The lowest BCUT2D eigenvalue weighted by atomic mass is 10.0. The summed E-state index contributed by atoms with van der Waals surface area (Å²) in [6.07, 6.45) is 3.51. The number of aryl methyl sites for hydroxylation is 2. The summed E-state index contributed by atoms with van der Waals surface area (Å²) in [5.41, 5.74) is 3.39. The molecular weight excluding hydrogens is 476 g/mol. The number of rotatable bonds is 7. The third-order valence-corrected chi connectivity index (χ3v) is 6.57. The average Bonchev–Trinajstić information content (AvgIpc) is 3.27. The molecule has 0 spiro atoms. The fourth-order valence-electron chi connectivity index (χ4n) is 4.59. The van der Waals surface area contributed by atoms with E-state index in [9.17, 15) is 14.4 Å². The summed E-state index contributed by atoms with van der Waals surface area (Å²) >= 11 is 0. The second kappa shape index (κ2) is 13.3. The van der Waals surface area contributed by atoms with Crippen molar-refractivity contribution in [3.63, 3.8) is 0 Å². The molecule has 37 heavy (non-hydrogen) atoms. The minimum absolute atomic E-state index is 0.0632. The monoisotopic (exact) mass is 512 g/mol. The lowest BCUT2D eigenvalue weighted by molar-refractivity contribution is 0.0302. The van der Waals surface area contributed by atoms with Crippen molar-refractivity contribution in [2.24, 2.45) is 0 Å². The number of carbonyl (C=O) groups excluding carboxylic acids is 3. The second-order valence-corrected chi connectivity index (χ2v) is 9.14. The largest absolute Gasteiger partial charge is 0.462 e. The van der Waals surface area contributed by atoms with Gasteiger partial charge < -0.3 is 24.4 Å². The van der Waals surface area contributed by atoms with Crippen LogP contribution in [0.4, 0.5) is 0 Å². The molecule has 2 amide bonds. The molecule has 1 fully saturated rings. The maximum Gasteiger partial charge on any atom is 0.338 e. The van der Waals surface area contributed by atoms with Gasteiger partial charge >= 0.3 is 5.97 Å². The van der Waals surface area contributed by atoms with Crippen molar-refractivity contribution in [3.05, 3.63) is 52.3 Å². The van der Waals surface area contributed by atoms with Crippen molar-refractivity contribution in [1.29, 1.82) is 0 Å². The number of amides is 2. The molecule has 0 radical (unpaired) electrons. The van der Waals surface area contributed by atoms with Crippen molar-refractivity contribution in [2.75, 3.05) is 52.7 Å². The Morgan fingerprint density at radius 2 is 1.73 bits per heavy atom. The van der Waals surface area contributed by atoms with E-state index in [0.717, 1.165) is 24.1 Å². The highest BCUT2D eigenvalue weighted by molar-refractivity contribution is 5.96. The van der Waals surface area contributed by atoms with Gasteiger partial charge in [0.25, 0.3) is 11.8 Å². The van der Waals surface area contributed by atoms with Crippen LogP contribution in [-0.2, 0) is 33.6 Å². The predicted molar refractivity (Wildman–Crippen MR) is 136 cm³/mol. The van der Waals surface area contributed by atoms with Crippen LogP contribution in [0.25, 0.3) is 0 Å². The highest BCUT2D eigenvalue weighted by Gasteiger charge is 2.23. The Balaban J connectivity index is 1.32. The zero-order valence-electron chi connectivity index (χ0n) is 21.5. The predicted octanol–water partition coefficient (Wildman–Crippen LogP) is 2.25. The van der Waals surface area contributed by atoms with Gasteiger partial charge in [-0.2, -0.15) is 5.10 Å². The molecule has 1 N–H and O–H groups in total. The van der Waals surface area contributed by atoms with Crippen LogP contribution in [0, 0.1) is 0 Å². The van der Waals surface area contributed by atoms with E-state index in [1.54, 1.807) is 33.8 Å². The topological polar surface area (TPSA) is 112 Å². The SMILES string of the molecule is CCn1nc(CCCOC(=O)c2ccc(C(=O)N3CCOCC3)cc2)c2c1C(=O)NCCCOCCC2. The molecule has 0 saturated carbocycles. The summed E-state index contributed by atoms with van der Waals surface area (Å²) < 4.78 is 18.2. The molecule has 200 valence electrons. The minimum Gasteiger partial charge on any atom is -0.462 e. The number of nitrogens with one attached hydrogen (secondary N) is 1. The number of aromatic nitrogens is 2. The molecule has 2 aliphatic heterocycles. The lowest BCUT2D eigenvalue weighted by Gasteiger charge is -2.26. The molecule has 4 rings (SSSR count). The number of benzene rings is 1. The zero-order valence-corrected chi connectivity index (χ0v) is 21.5. The maximum atomic E-state index is 12.8. The Morgan fingerprint density at radius 1 is 1.03 bits per heavy atom. The molecule has 0 aliphatic carbocycles. The van der Waals surface area contributed by atoms with Crippen LogP contribution in [-0.4, -0.2) is 85.1 Å². The van der Waals surface area contributed by atoms with Gasteiger partial charge in [0.15, 0.2) is 0 Å². The van der Waals surface area contributed by atoms with Crippen molar-refractivity contribution >= 4 is 17.8 Å². The lowest BCUT2D eigenvalue weighted by Crippen LogP contribution is -2.40. The van der Waals surface area contributed by atoms with Crippen molar-refractivity contribution in [1.82, 2.24) is 20.0 Å². The quantitative estimate of drug-likeness (QED) is 0.447. The van der Waals surface area contributed by atoms with Gasteiger partial charge in [-0.3, -0.25) is 14.3 Å². The van der Waals surface area contributed by atoms with E-state index in [1.807, 2.05) is 6.92 Å². The summed E-state index contributed by atoms with van der Waals surface area (Å²) in [4.78, 5) is 39.7. The van der Waals surface area contributed by atoms with Crippen LogP contribution in [0.2, 0.25) is 0 Å². The van der Waals surface area contributed by atoms with Gasteiger partial charge in [-0.1, -0.05) is 0 Å². The van der Waals surface area contributed by atoms with Crippen LogP contribution < -0.4 is 5.32 Å². The van der Waals surface area contributed by atoms with Gasteiger partial charge in [-0.15, -0.1) is 0 Å². The van der Waals surface area contributed by atoms with Crippen LogP contribution in [0.3, 0.4) is 0 Å². The van der Waals surface area contributed by atoms with Gasteiger partial charge in [-0.05, 0) is 63.3 Å². The Bertz CT molecular complexity index is 1080. The Kier molecular flexibility index (Phi) is 9.67. The van der Waals surface area contributed by atoms with E-state index < -0.39 is 5.97 Å². The molecular formula is C27H36N4O6. The first-order valence-electron chi connectivity index (χ1n) is 13.2. The highest BCUT2D eigenvalue weighted by atomic mass is 16.5. The summed E-state index contributed by atoms with van der Waals surface area (Å²) in [5, 5.41) is 7.67. The third kappa shape index (κ3) is 6.95. The van der Waals surface area contributed by atoms with E-state index in [1.165, 1.54) is 0 Å². The molecule has 3 heterocycles. The molecule has 0 unspecified atom stereocenters. The van der Waals surface area contributed by atoms with Gasteiger partial charge in [0.2, 0.25) is 0 Å². The van der Waals surface area contributed by atoms with Crippen molar-refractivity contribution in [3.8, 4) is 0 Å². The maximum absolute atomic E-state index is 12.8. The van der Waals surface area contributed by atoms with Crippen LogP contribution in [0.5, 0.6) is 0 Å². The van der Waals surface area contributed by atoms with E-state index in [-0.39, 0.29) is 18.4 Å². The normalized spacial score (nSPS) is 16.9. The van der Waals surface area contributed by atoms with Crippen LogP contribution >= 0.6 is 0 Å². The number of ether oxygens (including phenoxy) is 3. The van der Waals surface area contributed by atoms with Crippen molar-refractivity contribution < 1.29 is 28.6 Å². The molecule has 2 aromatic rings. The first-order valence-corrected chi connectivity index (χ1v) is 13.2. The number of nitrogens with zero attached hydrogens (tertiary/aromatic N) is 3. The smallest absolute Gasteiger partial charge is 0.338 e. The number of fused-ring (bicyclic) bond motifs is 1. The number of carbonyl (C=O) groups is 3. The third-order valence-electron chi connectivity index (χ3n) is 6.57. The molecule has 0 bridgehead atoms. The average molecular weight is 513 g/mol. The summed E-state index contributed by atoms with van der Waals surface area (Å²) in [7, 11) is 0. The Labute approximate surface area is 217 Å². The fourth-order valence-corrected chi connectivity index (χ4v) is 4.59. The van der Waals surface area contributed by atoms with E-state index in [4.69, 9.17) is 19.3 Å². The Hall–Kier alpha value is -3.24. The second-order valence-electron chi connectivity index (χ2n) is 9.14. The molecule has 1 aromatic heterocycles. The van der Waals surface area contributed by atoms with Crippen LogP contribution in [0.1, 0.15) is 68.6 Å². The molecule has 0 atom stereocenters. The molecule has 10 heteroatoms. The van der Waals surface area contributed by atoms with Gasteiger partial charge in [0.1, 0.15) is 5.69 Å². The van der Waals surface area contributed by atoms with E-state index in [2.05, 4.69) is 5.32 Å². The fraction of sp³-hybridized carbons (Fsp3) is 0.556. The molecule has 1 aromatic carbocycles. The minimum atomic E-state index is -0.430. The number of hydrogen-bond acceptors (Lipinski definition) is 7. The summed E-state index contributed by atoms with van der Waals surface area (Å²) in [5.74, 6) is -0.591. The van der Waals surface area contributed by atoms with Crippen molar-refractivity contribution in [2.45, 2.75) is 45.6 Å². The van der Waals surface area contributed by atoms with Gasteiger partial charge in [0, 0.05) is 50.5 Å². The van der Waals surface area contributed by atoms with Gasteiger partial charge in [0.05, 0.1) is 31.1 Å². The highest BCUT2D eigenvalue weighted by Crippen LogP contribution is 2.20. The number of morpholine rings is 1. The van der Waals surface area contributed by atoms with Crippen LogP contribution in [0.15, 0.2) is 24.3 Å². The summed E-state index contributed by atoms with van der Waals surface area (Å²) in [6, 6.07) is 6.56.